The van der Waals surface area contributed by atoms with Gasteiger partial charge in [0.1, 0.15) is 0 Å². The Bertz CT molecular complexity index is 129. The molecule has 6 N–H and O–H groups in total. The Labute approximate surface area is 223 Å². The van der Waals surface area contributed by atoms with Crippen molar-refractivity contribution in [1.29, 1.82) is 0 Å². The van der Waals surface area contributed by atoms with Crippen LogP contribution in [-0.2, 0) is 22.8 Å². The van der Waals surface area contributed by atoms with Crippen LogP contribution < -0.4 is 0 Å². The Morgan fingerprint density at radius 3 is 0.450 bits per heavy atom. The topological polar surface area (TPSA) is 224 Å². The zero-order valence-corrected chi connectivity index (χ0v) is 24.9. The van der Waals surface area contributed by atoms with E-state index in [4.69, 9.17) is 47.8 Å². The van der Waals surface area contributed by atoms with Gasteiger partial charge in [-0.05, 0) is 0 Å². The average Bonchev–Trinajstić information content (AvgIpc) is 2.23. The van der Waals surface area contributed by atoms with Crippen molar-refractivity contribution in [3.8, 4) is 0 Å². The molecule has 0 aliphatic carbocycles. The van der Waals surface area contributed by atoms with Gasteiger partial charge in [-0.25, -0.2) is 0 Å². The zero-order valence-electron chi connectivity index (χ0n) is 11.9. The summed E-state index contributed by atoms with van der Waals surface area (Å²) < 4.78 is 94.0. The summed E-state index contributed by atoms with van der Waals surface area (Å²) in [5, 5.41) is 0. The van der Waals surface area contributed by atoms with E-state index in [0.29, 0.717) is 0 Å². The van der Waals surface area contributed by atoms with Gasteiger partial charge in [-0.15, -0.1) is 0 Å². The quantitative estimate of drug-likeness (QED) is 0.136. The third-order valence-corrected chi connectivity index (χ3v) is 0. The normalized spacial score (nSPS) is 2.40. The van der Waals surface area contributed by atoms with E-state index in [9.17, 15) is 0 Å². The molecule has 0 unspecified atom stereocenters. The minimum absolute atomic E-state index is 0. The molecule has 0 aromatic heterocycles. The standard InChI is InChI=1S/6Al.Ba.La.6H2O.6O.2H/h;;;;;;;;6*1H2;;;;;;;;/q6*+1;+2;;;;;;;;;;;;;;2*-1/p-6. The predicted octanol–water partition coefficient (Wildman–Crippen LogP) is -6.50. The molecule has 20 heavy (non-hydrogen) atoms. The molecule has 12 nitrogen and oxygen atoms in total. The SMILES string of the molecule is [Ba+2].[H-].[H-].[La].[O]=[Al][OH].[O]=[Al][OH].[O]=[Al][OH].[O]=[Al][OH].[O]=[Al][OH].[O]=[Al][OH]. The number of hydrogen-bond acceptors (Lipinski definition) is 6. The van der Waals surface area contributed by atoms with Crippen LogP contribution in [0.5, 0.6) is 0 Å². The molecule has 0 atom stereocenters. The Morgan fingerprint density at radius 2 is 0.450 bits per heavy atom. The second-order valence-corrected chi connectivity index (χ2v) is 1.90. The molecule has 0 saturated heterocycles. The summed E-state index contributed by atoms with van der Waals surface area (Å²) in [5.41, 5.74) is 0. The first-order valence-corrected chi connectivity index (χ1v) is 8.89. The molecule has 0 bridgehead atoms. The van der Waals surface area contributed by atoms with Crippen molar-refractivity contribution in [2.45, 2.75) is 0 Å². The van der Waals surface area contributed by atoms with Crippen LogP contribution >= 0.6 is 0 Å². The van der Waals surface area contributed by atoms with Gasteiger partial charge in [-0.1, -0.05) is 0 Å². The fourth-order valence-corrected chi connectivity index (χ4v) is 0. The maximum atomic E-state index is 8.57. The summed E-state index contributed by atoms with van der Waals surface area (Å²) in [6.45, 7) is 0. The van der Waals surface area contributed by atoms with Crippen LogP contribution in [0.25, 0.3) is 0 Å². The van der Waals surface area contributed by atoms with Crippen LogP contribution in [0, 0.1) is 35.6 Å². The summed E-state index contributed by atoms with van der Waals surface area (Å²) in [4.78, 5) is 0. The van der Waals surface area contributed by atoms with E-state index in [1.807, 2.05) is 0 Å². The summed E-state index contributed by atoms with van der Waals surface area (Å²) in [7, 11) is 0. The number of rotatable bonds is 0. The van der Waals surface area contributed by atoms with Crippen molar-refractivity contribution >= 4 is 142 Å². The molecule has 0 spiro atoms. The van der Waals surface area contributed by atoms with Gasteiger partial charge >= 0.3 is 190 Å². The minimum atomic E-state index is -1.50. The maximum absolute atomic E-state index is 8.57. The summed E-state index contributed by atoms with van der Waals surface area (Å²) in [5.74, 6) is 0. The van der Waals surface area contributed by atoms with Crippen molar-refractivity contribution in [3.05, 3.63) is 0 Å². The van der Waals surface area contributed by atoms with Crippen LogP contribution in [-0.4, -0.2) is 167 Å². The second-order valence-electron chi connectivity index (χ2n) is 0.632. The molecule has 0 aromatic rings. The molecule has 0 aliphatic heterocycles. The molecular weight excluding hydrogens is 630 g/mol. The molecule has 0 saturated carbocycles. The number of hydrogen-bond donors (Lipinski definition) is 6. The van der Waals surface area contributed by atoms with E-state index in [1.54, 1.807) is 0 Å². The Hall–Kier alpha value is 3.56. The van der Waals surface area contributed by atoms with Crippen molar-refractivity contribution in [3.63, 3.8) is 0 Å². The molecule has 0 rings (SSSR count). The first-order valence-electron chi connectivity index (χ1n) is 2.96. The van der Waals surface area contributed by atoms with Crippen molar-refractivity contribution in [1.82, 2.24) is 0 Å². The summed E-state index contributed by atoms with van der Waals surface area (Å²) >= 11 is -9.00. The molecule has 0 heterocycles. The molecule has 103 valence electrons. The second kappa shape index (κ2) is 115. The fraction of sp³-hybridized carbons (Fsp3) is 0. The Kier molecular flexibility index (Phi) is 284. The summed E-state index contributed by atoms with van der Waals surface area (Å²) in [6, 6.07) is 0. The first kappa shape index (κ1) is 49.5. The Morgan fingerprint density at radius 1 is 0.450 bits per heavy atom. The van der Waals surface area contributed by atoms with Crippen molar-refractivity contribution < 1.29 is 86.2 Å². The third-order valence-electron chi connectivity index (χ3n) is 0. The van der Waals surface area contributed by atoms with E-state index in [2.05, 4.69) is 0 Å². The van der Waals surface area contributed by atoms with Gasteiger partial charge in [0.05, 0.1) is 0 Å². The van der Waals surface area contributed by atoms with Crippen LogP contribution in [0.4, 0.5) is 0 Å². The average molecular weight is 638 g/mol. The van der Waals surface area contributed by atoms with Crippen LogP contribution in [0.1, 0.15) is 2.85 Å². The van der Waals surface area contributed by atoms with E-state index >= 15 is 0 Å². The molecule has 0 aliphatic rings. The molecule has 0 aromatic carbocycles. The van der Waals surface area contributed by atoms with Gasteiger partial charge in [0.2, 0.25) is 0 Å². The van der Waals surface area contributed by atoms with Gasteiger partial charge in [0.25, 0.3) is 0 Å². The third kappa shape index (κ3) is 719. The van der Waals surface area contributed by atoms with Gasteiger partial charge < -0.3 is 2.85 Å². The van der Waals surface area contributed by atoms with E-state index in [0.717, 1.165) is 0 Å². The van der Waals surface area contributed by atoms with Gasteiger partial charge in [0.15, 0.2) is 0 Å². The molecule has 0 fully saturated rings. The zero-order chi connectivity index (χ0) is 16.2. The Balaban J connectivity index is -0.00000000947. The van der Waals surface area contributed by atoms with Crippen molar-refractivity contribution in [2.75, 3.05) is 0 Å². The van der Waals surface area contributed by atoms with Gasteiger partial charge in [-0.3, -0.25) is 0 Å². The summed E-state index contributed by atoms with van der Waals surface area (Å²) in [6.07, 6.45) is 0. The first-order chi connectivity index (χ1) is 8.49. The van der Waals surface area contributed by atoms with E-state index < -0.39 is 92.9 Å². The van der Waals surface area contributed by atoms with E-state index in [-0.39, 0.29) is 87.3 Å². The van der Waals surface area contributed by atoms with Crippen LogP contribution in [0.15, 0.2) is 0 Å². The van der Waals surface area contributed by atoms with Gasteiger partial charge in [-0.2, -0.15) is 0 Å². The molecule has 0 amide bonds. The van der Waals surface area contributed by atoms with Crippen LogP contribution in [0.3, 0.4) is 0 Å². The van der Waals surface area contributed by atoms with Crippen LogP contribution in [0.2, 0.25) is 0 Å². The van der Waals surface area contributed by atoms with Crippen molar-refractivity contribution in [2.24, 2.45) is 0 Å². The van der Waals surface area contributed by atoms with E-state index in [1.165, 1.54) is 0 Å². The fourth-order valence-electron chi connectivity index (χ4n) is 0. The van der Waals surface area contributed by atoms with Gasteiger partial charge in [0, 0.05) is 35.6 Å². The monoisotopic (exact) mass is 639 g/mol. The molecular formula is H8Al6BaLaO12. The predicted molar refractivity (Wildman–Crippen MR) is 59.9 cm³/mol. The molecule has 20 heteroatoms. The molecule has 1 radical (unpaired) electrons.